The van der Waals surface area contributed by atoms with Crippen molar-refractivity contribution in [3.63, 3.8) is 0 Å². The summed E-state index contributed by atoms with van der Waals surface area (Å²) in [6.07, 6.45) is 4.29. The molecule has 0 unspecified atom stereocenters. The van der Waals surface area contributed by atoms with E-state index in [9.17, 15) is 0 Å². The van der Waals surface area contributed by atoms with E-state index in [0.29, 0.717) is 12.5 Å². The monoisotopic (exact) mass is 206 g/mol. The first-order chi connectivity index (χ1) is 7.33. The summed E-state index contributed by atoms with van der Waals surface area (Å²) in [6, 6.07) is 0. The number of aromatic nitrogens is 2. The fourth-order valence-corrected chi connectivity index (χ4v) is 1.63. The summed E-state index contributed by atoms with van der Waals surface area (Å²) in [5.41, 5.74) is 10.1. The molecule has 1 aliphatic carbocycles. The van der Waals surface area contributed by atoms with Crippen LogP contribution in [0.25, 0.3) is 0 Å². The Bertz CT molecular complexity index is 391. The van der Waals surface area contributed by atoms with E-state index in [1.54, 1.807) is 6.33 Å². The number of nitrogens with two attached hydrogens (primary N) is 1. The summed E-state index contributed by atoms with van der Waals surface area (Å²) < 4.78 is 0. The molecular weight excluding hydrogens is 192 g/mol. The Kier molecular flexibility index (Phi) is 1.88. The topological polar surface area (TPSA) is 82.3 Å². The molecule has 0 spiro atoms. The number of hydrazine groups is 1. The zero-order valence-corrected chi connectivity index (χ0v) is 8.40. The maximum Gasteiger partial charge on any atom is 0.213 e. The van der Waals surface area contributed by atoms with Crippen LogP contribution < -0.4 is 11.2 Å². The van der Waals surface area contributed by atoms with E-state index in [1.807, 2.05) is 5.01 Å². The Labute approximate surface area is 87.6 Å². The third kappa shape index (κ3) is 1.68. The van der Waals surface area contributed by atoms with E-state index >= 15 is 0 Å². The summed E-state index contributed by atoms with van der Waals surface area (Å²) in [7, 11) is 0. The number of rotatable bonds is 3. The van der Waals surface area contributed by atoms with Crippen molar-refractivity contribution >= 4 is 11.8 Å². The first-order valence-corrected chi connectivity index (χ1v) is 5.20. The zero-order valence-electron chi connectivity index (χ0n) is 8.40. The minimum atomic E-state index is 0.507. The normalized spacial score (nSPS) is 20.0. The second-order valence-corrected chi connectivity index (χ2v) is 4.06. The zero-order chi connectivity index (χ0) is 10.3. The maximum absolute atomic E-state index is 5.83. The predicted octanol–water partition coefficient (Wildman–Crippen LogP) is 0.0861. The van der Waals surface area contributed by atoms with Gasteiger partial charge in [0.25, 0.3) is 0 Å². The van der Waals surface area contributed by atoms with E-state index in [1.165, 1.54) is 12.8 Å². The molecule has 1 saturated carbocycles. The molecule has 1 fully saturated rings. The first-order valence-electron chi connectivity index (χ1n) is 5.20. The molecule has 15 heavy (non-hydrogen) atoms. The van der Waals surface area contributed by atoms with E-state index in [0.717, 1.165) is 24.0 Å². The molecule has 0 bridgehead atoms. The number of guanidine groups is 1. The SMILES string of the molecule is NC1=Nc2[nH]cnc2CN1NCC1CC1. The van der Waals surface area contributed by atoms with Gasteiger partial charge in [-0.05, 0) is 18.8 Å². The standard InChI is InChI=1S/C9H14N6/c10-9-14-8-7(11-5-12-8)4-15(9)13-3-6-1-2-6/h5-6,13H,1-4H2,(H2,10,14)(H,11,12). The van der Waals surface area contributed by atoms with Crippen LogP contribution in [-0.2, 0) is 6.54 Å². The number of imidazole rings is 1. The number of aromatic amines is 1. The van der Waals surface area contributed by atoms with Gasteiger partial charge in [0, 0.05) is 6.54 Å². The molecule has 0 saturated heterocycles. The Morgan fingerprint density at radius 3 is 3.27 bits per heavy atom. The lowest BCUT2D eigenvalue weighted by atomic mass is 10.4. The first kappa shape index (κ1) is 8.72. The summed E-state index contributed by atoms with van der Waals surface area (Å²) in [6.45, 7) is 1.66. The third-order valence-corrected chi connectivity index (χ3v) is 2.77. The van der Waals surface area contributed by atoms with Crippen molar-refractivity contribution in [2.75, 3.05) is 6.54 Å². The van der Waals surface area contributed by atoms with E-state index < -0.39 is 0 Å². The molecule has 1 aromatic rings. The highest BCUT2D eigenvalue weighted by atomic mass is 15.6. The molecular formula is C9H14N6. The number of nitrogens with zero attached hydrogens (tertiary/aromatic N) is 3. The second-order valence-electron chi connectivity index (χ2n) is 4.06. The fourth-order valence-electron chi connectivity index (χ4n) is 1.63. The highest BCUT2D eigenvalue weighted by molar-refractivity contribution is 5.81. The van der Waals surface area contributed by atoms with Gasteiger partial charge in [0.15, 0.2) is 5.82 Å². The van der Waals surface area contributed by atoms with Crippen LogP contribution in [0.3, 0.4) is 0 Å². The number of H-pyrrole nitrogens is 1. The molecule has 0 radical (unpaired) electrons. The number of aliphatic imine (C=N–C) groups is 1. The average Bonchev–Trinajstić information content (AvgIpc) is 2.94. The number of hydrogen-bond acceptors (Lipinski definition) is 5. The molecule has 0 amide bonds. The molecule has 0 atom stereocenters. The minimum Gasteiger partial charge on any atom is -0.368 e. The largest absolute Gasteiger partial charge is 0.368 e. The smallest absolute Gasteiger partial charge is 0.213 e. The van der Waals surface area contributed by atoms with Crippen LogP contribution in [0.1, 0.15) is 18.5 Å². The van der Waals surface area contributed by atoms with Crippen molar-refractivity contribution < 1.29 is 0 Å². The summed E-state index contributed by atoms with van der Waals surface area (Å²) in [4.78, 5) is 11.4. The Hall–Kier alpha value is -1.56. The van der Waals surface area contributed by atoms with Crippen LogP contribution in [0.15, 0.2) is 11.3 Å². The third-order valence-electron chi connectivity index (χ3n) is 2.77. The summed E-state index contributed by atoms with van der Waals surface area (Å²) in [5.74, 6) is 2.10. The minimum absolute atomic E-state index is 0.507. The lowest BCUT2D eigenvalue weighted by Gasteiger charge is -2.26. The molecule has 3 rings (SSSR count). The predicted molar refractivity (Wildman–Crippen MR) is 56.1 cm³/mol. The second kappa shape index (κ2) is 3.23. The van der Waals surface area contributed by atoms with Crippen LogP contribution >= 0.6 is 0 Å². The molecule has 2 aliphatic rings. The lowest BCUT2D eigenvalue weighted by molar-refractivity contribution is 0.283. The van der Waals surface area contributed by atoms with Crippen molar-refractivity contribution in [1.29, 1.82) is 0 Å². The number of hydrogen-bond donors (Lipinski definition) is 3. The molecule has 2 heterocycles. The quantitative estimate of drug-likeness (QED) is 0.654. The van der Waals surface area contributed by atoms with Gasteiger partial charge in [-0.15, -0.1) is 0 Å². The Morgan fingerprint density at radius 1 is 1.60 bits per heavy atom. The summed E-state index contributed by atoms with van der Waals surface area (Å²) in [5, 5.41) is 1.86. The molecule has 6 nitrogen and oxygen atoms in total. The van der Waals surface area contributed by atoms with Crippen LogP contribution in [0.4, 0.5) is 5.82 Å². The van der Waals surface area contributed by atoms with Crippen molar-refractivity contribution in [2.24, 2.45) is 16.6 Å². The van der Waals surface area contributed by atoms with Crippen LogP contribution in [0.5, 0.6) is 0 Å². The van der Waals surface area contributed by atoms with Gasteiger partial charge in [-0.2, -0.15) is 4.99 Å². The van der Waals surface area contributed by atoms with Gasteiger partial charge in [0.05, 0.1) is 12.9 Å². The van der Waals surface area contributed by atoms with Gasteiger partial charge < -0.3 is 10.7 Å². The Balaban J connectivity index is 1.70. The van der Waals surface area contributed by atoms with Gasteiger partial charge in [0.1, 0.15) is 5.69 Å². The maximum atomic E-state index is 5.83. The van der Waals surface area contributed by atoms with Crippen molar-refractivity contribution in [3.05, 3.63) is 12.0 Å². The van der Waals surface area contributed by atoms with Crippen LogP contribution in [0, 0.1) is 5.92 Å². The van der Waals surface area contributed by atoms with E-state index in [2.05, 4.69) is 20.4 Å². The average molecular weight is 206 g/mol. The van der Waals surface area contributed by atoms with E-state index in [4.69, 9.17) is 5.73 Å². The highest BCUT2D eigenvalue weighted by Crippen LogP contribution is 2.28. The lowest BCUT2D eigenvalue weighted by Crippen LogP contribution is -2.48. The Morgan fingerprint density at radius 2 is 2.47 bits per heavy atom. The van der Waals surface area contributed by atoms with Gasteiger partial charge in [-0.3, -0.25) is 5.01 Å². The summed E-state index contributed by atoms with van der Waals surface area (Å²) >= 11 is 0. The molecule has 1 aliphatic heterocycles. The molecule has 80 valence electrons. The van der Waals surface area contributed by atoms with Gasteiger partial charge in [0.2, 0.25) is 5.96 Å². The number of fused-ring (bicyclic) bond motifs is 1. The van der Waals surface area contributed by atoms with Gasteiger partial charge in [-0.1, -0.05) is 0 Å². The van der Waals surface area contributed by atoms with Crippen molar-refractivity contribution in [3.8, 4) is 0 Å². The molecule has 0 aromatic carbocycles. The van der Waals surface area contributed by atoms with Gasteiger partial charge >= 0.3 is 0 Å². The van der Waals surface area contributed by atoms with Crippen molar-refractivity contribution in [1.82, 2.24) is 20.4 Å². The number of nitrogens with one attached hydrogen (secondary N) is 2. The molecule has 6 heteroatoms. The molecule has 1 aromatic heterocycles. The fraction of sp³-hybridized carbons (Fsp3) is 0.556. The molecule has 4 N–H and O–H groups in total. The van der Waals surface area contributed by atoms with E-state index in [-0.39, 0.29) is 0 Å². The van der Waals surface area contributed by atoms with Crippen molar-refractivity contribution in [2.45, 2.75) is 19.4 Å². The van der Waals surface area contributed by atoms with Gasteiger partial charge in [-0.25, -0.2) is 10.4 Å². The van der Waals surface area contributed by atoms with Crippen LogP contribution in [0.2, 0.25) is 0 Å². The highest BCUT2D eigenvalue weighted by Gasteiger charge is 2.24. The van der Waals surface area contributed by atoms with Crippen LogP contribution in [-0.4, -0.2) is 27.5 Å².